The number of aryl methyl sites for hydroxylation is 3. The zero-order chi connectivity index (χ0) is 33.5. The Kier molecular flexibility index (Phi) is 8.98. The third-order valence-corrected chi connectivity index (χ3v) is 12.3. The number of amides is 1. The normalized spacial score (nSPS) is 17.3. The Morgan fingerprint density at radius 3 is 2.64 bits per heavy atom. The van der Waals surface area contributed by atoms with Crippen LogP contribution in [0.25, 0.3) is 11.0 Å². The summed E-state index contributed by atoms with van der Waals surface area (Å²) in [5, 5.41) is 12.6. The molecule has 1 amide bonds. The maximum atomic E-state index is 14.1. The Bertz CT molecular complexity index is 2040. The standard InChI is InChI=1S/C34H40N8O3S2/c1-7-23-17-26-29(12-10-16-36-26)47(44,45)41(19-23)20-27-22(4)46-32(38-27)30(34(5,6)33(43)37-24-11-9-15-35-18-24)25-13-14-28-31(21(25)3)39-40-42(28)8-2/h9-16,18,23,30H,7-8,17,19-20H2,1-6H3,(H,37,43)/t23-,30?/m0/s1. The van der Waals surface area contributed by atoms with Gasteiger partial charge in [0.1, 0.15) is 15.4 Å². The summed E-state index contributed by atoms with van der Waals surface area (Å²) < 4.78 is 31.3. The van der Waals surface area contributed by atoms with E-state index in [0.29, 0.717) is 36.6 Å². The van der Waals surface area contributed by atoms with Crippen LogP contribution in [0.4, 0.5) is 5.69 Å². The number of aromatic nitrogens is 6. The van der Waals surface area contributed by atoms with Gasteiger partial charge < -0.3 is 5.32 Å². The summed E-state index contributed by atoms with van der Waals surface area (Å²) in [6.07, 6.45) is 6.37. The van der Waals surface area contributed by atoms with Crippen molar-refractivity contribution in [2.45, 2.75) is 78.3 Å². The number of anilines is 1. The molecule has 0 aliphatic carbocycles. The molecule has 2 atom stereocenters. The molecule has 246 valence electrons. The van der Waals surface area contributed by atoms with E-state index in [1.165, 1.54) is 11.3 Å². The minimum absolute atomic E-state index is 0.132. The maximum Gasteiger partial charge on any atom is 0.245 e. The molecule has 0 radical (unpaired) electrons. The number of benzene rings is 1. The first-order valence-corrected chi connectivity index (χ1v) is 18.2. The van der Waals surface area contributed by atoms with Gasteiger partial charge in [0.25, 0.3) is 0 Å². The Balaban J connectivity index is 1.43. The first-order valence-electron chi connectivity index (χ1n) is 15.9. The molecule has 0 spiro atoms. The van der Waals surface area contributed by atoms with Crippen molar-refractivity contribution in [3.63, 3.8) is 0 Å². The molecule has 4 aromatic heterocycles. The first kappa shape index (κ1) is 32.9. The van der Waals surface area contributed by atoms with Gasteiger partial charge in [-0.25, -0.2) is 18.1 Å². The van der Waals surface area contributed by atoms with Gasteiger partial charge in [-0.2, -0.15) is 4.31 Å². The molecule has 0 fully saturated rings. The van der Waals surface area contributed by atoms with Gasteiger partial charge in [-0.3, -0.25) is 14.8 Å². The third-order valence-electron chi connectivity index (χ3n) is 9.29. The zero-order valence-electron chi connectivity index (χ0n) is 27.6. The van der Waals surface area contributed by atoms with Crippen LogP contribution in [0.15, 0.2) is 59.9 Å². The van der Waals surface area contributed by atoms with Crippen LogP contribution in [-0.2, 0) is 34.3 Å². The molecule has 0 saturated heterocycles. The summed E-state index contributed by atoms with van der Waals surface area (Å²) in [6, 6.07) is 11.0. The van der Waals surface area contributed by atoms with Gasteiger partial charge >= 0.3 is 0 Å². The molecule has 11 nitrogen and oxygen atoms in total. The van der Waals surface area contributed by atoms with E-state index in [4.69, 9.17) is 4.98 Å². The fourth-order valence-electron chi connectivity index (χ4n) is 6.40. The van der Waals surface area contributed by atoms with E-state index >= 15 is 0 Å². The van der Waals surface area contributed by atoms with E-state index in [1.807, 2.05) is 51.4 Å². The largest absolute Gasteiger partial charge is 0.324 e. The lowest BCUT2D eigenvalue weighted by Crippen LogP contribution is -2.37. The quantitative estimate of drug-likeness (QED) is 0.205. The summed E-state index contributed by atoms with van der Waals surface area (Å²) in [4.78, 5) is 29.0. The van der Waals surface area contributed by atoms with Crippen molar-refractivity contribution in [3.05, 3.63) is 87.4 Å². The van der Waals surface area contributed by atoms with E-state index in [1.54, 1.807) is 47.2 Å². The molecule has 1 aliphatic heterocycles. The molecule has 1 aliphatic rings. The van der Waals surface area contributed by atoms with Gasteiger partial charge in [0.15, 0.2) is 0 Å². The van der Waals surface area contributed by atoms with E-state index in [-0.39, 0.29) is 23.3 Å². The van der Waals surface area contributed by atoms with Gasteiger partial charge in [-0.15, -0.1) is 16.4 Å². The van der Waals surface area contributed by atoms with Crippen molar-refractivity contribution in [2.75, 3.05) is 11.9 Å². The summed E-state index contributed by atoms with van der Waals surface area (Å²) in [6.45, 7) is 13.1. The molecule has 0 saturated carbocycles. The molecule has 1 N–H and O–H groups in total. The Labute approximate surface area is 279 Å². The minimum atomic E-state index is -3.80. The van der Waals surface area contributed by atoms with Crippen LogP contribution in [0.3, 0.4) is 0 Å². The second-order valence-corrected chi connectivity index (χ2v) is 15.8. The van der Waals surface area contributed by atoms with Crippen LogP contribution in [0, 0.1) is 25.2 Å². The number of nitrogens with zero attached hydrogens (tertiary/aromatic N) is 7. The van der Waals surface area contributed by atoms with Crippen LogP contribution in [0.5, 0.6) is 0 Å². The molecule has 47 heavy (non-hydrogen) atoms. The van der Waals surface area contributed by atoms with Crippen LogP contribution < -0.4 is 5.32 Å². The first-order chi connectivity index (χ1) is 22.4. The fourth-order valence-corrected chi connectivity index (χ4v) is 9.30. The molecule has 5 heterocycles. The minimum Gasteiger partial charge on any atom is -0.324 e. The molecular weight excluding hydrogens is 633 g/mol. The fraction of sp³-hybridized carbons (Fsp3) is 0.412. The maximum absolute atomic E-state index is 14.1. The molecule has 5 aromatic rings. The summed E-state index contributed by atoms with van der Waals surface area (Å²) in [5.74, 6) is -0.526. The number of hydrogen-bond donors (Lipinski definition) is 1. The predicted octanol–water partition coefficient (Wildman–Crippen LogP) is 5.88. The SMILES string of the molecule is CC[C@H]1Cc2ncccc2S(=O)(=O)N(Cc2nc(C(c3ccc4c(nnn4CC)c3C)C(C)(C)C(=O)Nc3cccnc3)sc2C)C1. The molecule has 1 aromatic carbocycles. The molecule has 1 unspecified atom stereocenters. The molecule has 0 bridgehead atoms. The monoisotopic (exact) mass is 672 g/mol. The van der Waals surface area contributed by atoms with Crippen molar-refractivity contribution in [1.82, 2.24) is 34.3 Å². The van der Waals surface area contributed by atoms with Crippen LogP contribution in [0.2, 0.25) is 0 Å². The lowest BCUT2D eigenvalue weighted by molar-refractivity contribution is -0.124. The number of pyridine rings is 2. The second kappa shape index (κ2) is 12.9. The number of carbonyl (C=O) groups excluding carboxylic acids is 1. The van der Waals surface area contributed by atoms with Crippen molar-refractivity contribution >= 4 is 44.0 Å². The Morgan fingerprint density at radius 2 is 1.91 bits per heavy atom. The smallest absolute Gasteiger partial charge is 0.245 e. The van der Waals surface area contributed by atoms with Crippen LogP contribution in [0.1, 0.15) is 72.4 Å². The highest BCUT2D eigenvalue weighted by Gasteiger charge is 2.43. The lowest BCUT2D eigenvalue weighted by Gasteiger charge is -2.33. The number of fused-ring (bicyclic) bond motifs is 2. The van der Waals surface area contributed by atoms with E-state index in [9.17, 15) is 13.2 Å². The molecule has 13 heteroatoms. The lowest BCUT2D eigenvalue weighted by atomic mass is 9.73. The second-order valence-electron chi connectivity index (χ2n) is 12.7. The highest BCUT2D eigenvalue weighted by molar-refractivity contribution is 7.89. The predicted molar refractivity (Wildman–Crippen MR) is 183 cm³/mol. The zero-order valence-corrected chi connectivity index (χ0v) is 29.2. The number of thiazole rings is 1. The van der Waals surface area contributed by atoms with Gasteiger partial charge in [-0.1, -0.05) is 38.5 Å². The number of hydrogen-bond acceptors (Lipinski definition) is 9. The molecule has 6 rings (SSSR count). The topological polar surface area (TPSA) is 136 Å². The van der Waals surface area contributed by atoms with E-state index < -0.39 is 21.4 Å². The van der Waals surface area contributed by atoms with E-state index in [0.717, 1.165) is 38.5 Å². The molecular formula is C34H40N8O3S2. The number of carbonyl (C=O) groups is 1. The van der Waals surface area contributed by atoms with Crippen molar-refractivity contribution in [1.29, 1.82) is 0 Å². The Morgan fingerprint density at radius 1 is 1.13 bits per heavy atom. The number of rotatable bonds is 9. The number of sulfonamides is 1. The summed E-state index contributed by atoms with van der Waals surface area (Å²) in [5.41, 5.74) is 4.46. The van der Waals surface area contributed by atoms with Crippen molar-refractivity contribution < 1.29 is 13.2 Å². The number of nitrogens with one attached hydrogen (secondary N) is 1. The van der Waals surface area contributed by atoms with Gasteiger partial charge in [0.2, 0.25) is 15.9 Å². The Hall–Kier alpha value is -4.07. The highest BCUT2D eigenvalue weighted by atomic mass is 32.2. The van der Waals surface area contributed by atoms with E-state index in [2.05, 4.69) is 32.5 Å². The van der Waals surface area contributed by atoms with Gasteiger partial charge in [0.05, 0.1) is 46.7 Å². The van der Waals surface area contributed by atoms with Gasteiger partial charge in [0, 0.05) is 30.4 Å². The summed E-state index contributed by atoms with van der Waals surface area (Å²) >= 11 is 1.50. The average Bonchev–Trinajstić information content (AvgIpc) is 3.62. The van der Waals surface area contributed by atoms with Crippen molar-refractivity contribution in [3.8, 4) is 0 Å². The van der Waals surface area contributed by atoms with Gasteiger partial charge in [-0.05, 0) is 74.6 Å². The average molecular weight is 673 g/mol. The van der Waals surface area contributed by atoms with Crippen molar-refractivity contribution in [2.24, 2.45) is 11.3 Å². The highest BCUT2D eigenvalue weighted by Crippen LogP contribution is 2.46. The van der Waals surface area contributed by atoms with Crippen LogP contribution >= 0.6 is 11.3 Å². The third kappa shape index (κ3) is 6.07. The summed E-state index contributed by atoms with van der Waals surface area (Å²) in [7, 11) is -3.80. The van der Waals surface area contributed by atoms with Crippen LogP contribution in [-0.4, -0.2) is 55.1 Å².